The van der Waals surface area contributed by atoms with Crippen LogP contribution in [0, 0.1) is 5.92 Å². The monoisotopic (exact) mass is 374 g/mol. The van der Waals surface area contributed by atoms with Gasteiger partial charge in [-0.3, -0.25) is 4.79 Å². The molecule has 1 aromatic heterocycles. The second kappa shape index (κ2) is 7.24. The zero-order chi connectivity index (χ0) is 18.3. The molecule has 1 fully saturated rings. The van der Waals surface area contributed by atoms with Gasteiger partial charge in [0.15, 0.2) is 0 Å². The zero-order valence-electron chi connectivity index (χ0n) is 15.6. The summed E-state index contributed by atoms with van der Waals surface area (Å²) < 4.78 is 5.69. The number of aromatic nitrogens is 1. The summed E-state index contributed by atoms with van der Waals surface area (Å²) in [5.41, 5.74) is 3.64. The van der Waals surface area contributed by atoms with Crippen LogP contribution in [0.2, 0.25) is 5.02 Å². The summed E-state index contributed by atoms with van der Waals surface area (Å²) in [7, 11) is 0. The third-order valence-corrected chi connectivity index (χ3v) is 5.89. The fourth-order valence-electron chi connectivity index (χ4n) is 4.45. The third-order valence-electron chi connectivity index (χ3n) is 5.65. The number of nitrogens with zero attached hydrogens (tertiary/aromatic N) is 1. The maximum Gasteiger partial charge on any atom is 0.225 e. The van der Waals surface area contributed by atoms with Gasteiger partial charge in [0.25, 0.3) is 0 Å². The number of amides is 1. The van der Waals surface area contributed by atoms with Crippen LogP contribution < -0.4 is 0 Å². The first kappa shape index (κ1) is 17.9. The fraction of sp³-hybridized carbons (Fsp3) is 0.571. The largest absolute Gasteiger partial charge is 0.378 e. The first-order valence-electron chi connectivity index (χ1n) is 9.74. The number of carbonyl (C=O) groups is 1. The Morgan fingerprint density at radius 3 is 3.00 bits per heavy atom. The number of hydrogen-bond donors (Lipinski definition) is 1. The van der Waals surface area contributed by atoms with E-state index in [1.165, 1.54) is 16.6 Å². The van der Waals surface area contributed by atoms with Crippen molar-refractivity contribution in [3.05, 3.63) is 34.5 Å². The lowest BCUT2D eigenvalue weighted by Gasteiger charge is -2.37. The SMILES string of the molecule is CC(C)CC1c2[nH]c3ccc(Cl)cc3c2CCN1C(=O)CC1CCCO1. The average molecular weight is 375 g/mol. The molecule has 0 radical (unpaired) electrons. The summed E-state index contributed by atoms with van der Waals surface area (Å²) in [4.78, 5) is 18.7. The van der Waals surface area contributed by atoms with Crippen LogP contribution in [0.4, 0.5) is 0 Å². The van der Waals surface area contributed by atoms with Crippen LogP contribution in [0.5, 0.6) is 0 Å². The van der Waals surface area contributed by atoms with Crippen molar-refractivity contribution in [2.75, 3.05) is 13.2 Å². The molecular formula is C21H27ClN2O2. The minimum absolute atomic E-state index is 0.102. The molecule has 0 spiro atoms. The predicted octanol–water partition coefficient (Wildman–Crippen LogP) is 4.86. The molecule has 2 unspecified atom stereocenters. The molecule has 1 aromatic carbocycles. The number of halogens is 1. The smallest absolute Gasteiger partial charge is 0.225 e. The Balaban J connectivity index is 1.66. The van der Waals surface area contributed by atoms with Crippen molar-refractivity contribution in [2.45, 2.75) is 58.1 Å². The highest BCUT2D eigenvalue weighted by molar-refractivity contribution is 6.31. The number of fused-ring (bicyclic) bond motifs is 3. The molecule has 3 heterocycles. The highest BCUT2D eigenvalue weighted by Gasteiger charge is 2.34. The van der Waals surface area contributed by atoms with Crippen LogP contribution in [-0.2, 0) is 16.0 Å². The van der Waals surface area contributed by atoms with Gasteiger partial charge in [-0.25, -0.2) is 0 Å². The molecule has 0 saturated carbocycles. The van der Waals surface area contributed by atoms with Crippen molar-refractivity contribution in [2.24, 2.45) is 5.92 Å². The van der Waals surface area contributed by atoms with E-state index < -0.39 is 0 Å². The van der Waals surface area contributed by atoms with Crippen LogP contribution in [-0.4, -0.2) is 35.0 Å². The van der Waals surface area contributed by atoms with E-state index in [4.69, 9.17) is 16.3 Å². The number of hydrogen-bond acceptors (Lipinski definition) is 2. The minimum atomic E-state index is 0.102. The van der Waals surface area contributed by atoms with Crippen molar-refractivity contribution in [3.63, 3.8) is 0 Å². The van der Waals surface area contributed by atoms with Gasteiger partial charge in [-0.1, -0.05) is 25.4 Å². The zero-order valence-corrected chi connectivity index (χ0v) is 16.3. The molecular weight excluding hydrogens is 348 g/mol. The number of H-pyrrole nitrogens is 1. The summed E-state index contributed by atoms with van der Waals surface area (Å²) in [6.45, 7) is 6.00. The maximum absolute atomic E-state index is 13.0. The molecule has 0 bridgehead atoms. The van der Waals surface area contributed by atoms with Gasteiger partial charge in [0.05, 0.1) is 18.6 Å². The number of aromatic amines is 1. The van der Waals surface area contributed by atoms with Gasteiger partial charge in [-0.15, -0.1) is 0 Å². The number of nitrogens with one attached hydrogen (secondary N) is 1. The summed E-state index contributed by atoms with van der Waals surface area (Å²) in [5.74, 6) is 0.740. The normalized spacial score (nSPS) is 23.0. The van der Waals surface area contributed by atoms with Gasteiger partial charge >= 0.3 is 0 Å². The topological polar surface area (TPSA) is 45.3 Å². The van der Waals surface area contributed by atoms with E-state index in [1.807, 2.05) is 18.2 Å². The first-order valence-corrected chi connectivity index (χ1v) is 10.1. The lowest BCUT2D eigenvalue weighted by molar-refractivity contribution is -0.136. The van der Waals surface area contributed by atoms with Crippen molar-refractivity contribution in [1.82, 2.24) is 9.88 Å². The molecule has 140 valence electrons. The molecule has 5 heteroatoms. The van der Waals surface area contributed by atoms with Crippen LogP contribution >= 0.6 is 11.6 Å². The summed E-state index contributed by atoms with van der Waals surface area (Å²) in [6.07, 6.45) is 4.53. The summed E-state index contributed by atoms with van der Waals surface area (Å²) in [6, 6.07) is 6.12. The van der Waals surface area contributed by atoms with E-state index in [9.17, 15) is 4.79 Å². The van der Waals surface area contributed by atoms with E-state index in [2.05, 4.69) is 23.7 Å². The molecule has 2 atom stereocenters. The standard InChI is InChI=1S/C21H27ClN2O2/c1-13(2)10-19-21-16(17-11-14(22)5-6-18(17)23-21)7-8-24(19)20(25)12-15-4-3-9-26-15/h5-6,11,13,15,19,23H,3-4,7-10,12H2,1-2H3. The Morgan fingerprint density at radius 1 is 1.42 bits per heavy atom. The average Bonchev–Trinajstić information content (AvgIpc) is 3.22. The van der Waals surface area contributed by atoms with E-state index in [-0.39, 0.29) is 18.1 Å². The highest BCUT2D eigenvalue weighted by Crippen LogP contribution is 2.39. The molecule has 2 aliphatic heterocycles. The lowest BCUT2D eigenvalue weighted by Crippen LogP contribution is -2.41. The molecule has 2 aromatic rings. The van der Waals surface area contributed by atoms with Crippen LogP contribution in [0.1, 0.15) is 56.8 Å². The van der Waals surface area contributed by atoms with Crippen LogP contribution in [0.25, 0.3) is 10.9 Å². The highest BCUT2D eigenvalue weighted by atomic mass is 35.5. The van der Waals surface area contributed by atoms with E-state index >= 15 is 0 Å². The van der Waals surface area contributed by atoms with Gasteiger partial charge in [-0.2, -0.15) is 0 Å². The molecule has 1 saturated heterocycles. The van der Waals surface area contributed by atoms with Crippen molar-refractivity contribution in [1.29, 1.82) is 0 Å². The Bertz CT molecular complexity index is 808. The number of benzene rings is 1. The van der Waals surface area contributed by atoms with Crippen molar-refractivity contribution >= 4 is 28.4 Å². The Morgan fingerprint density at radius 2 is 2.27 bits per heavy atom. The summed E-state index contributed by atoms with van der Waals surface area (Å²) in [5, 5.41) is 1.96. The van der Waals surface area contributed by atoms with Gasteiger partial charge in [-0.05, 0) is 55.4 Å². The number of rotatable bonds is 4. The van der Waals surface area contributed by atoms with E-state index in [1.54, 1.807) is 0 Å². The molecule has 0 aliphatic carbocycles. The summed E-state index contributed by atoms with van der Waals surface area (Å²) >= 11 is 6.22. The van der Waals surface area contributed by atoms with Crippen LogP contribution in [0.3, 0.4) is 0 Å². The van der Waals surface area contributed by atoms with Gasteiger partial charge in [0, 0.05) is 34.8 Å². The molecule has 2 aliphatic rings. The maximum atomic E-state index is 13.0. The Hall–Kier alpha value is -1.52. The molecule has 26 heavy (non-hydrogen) atoms. The van der Waals surface area contributed by atoms with Crippen molar-refractivity contribution in [3.8, 4) is 0 Å². The Labute approximate surface area is 159 Å². The third kappa shape index (κ3) is 3.37. The molecule has 4 nitrogen and oxygen atoms in total. The lowest BCUT2D eigenvalue weighted by atomic mass is 9.91. The van der Waals surface area contributed by atoms with Gasteiger partial charge in [0.1, 0.15) is 0 Å². The minimum Gasteiger partial charge on any atom is -0.378 e. The van der Waals surface area contributed by atoms with Gasteiger partial charge < -0.3 is 14.6 Å². The fourth-order valence-corrected chi connectivity index (χ4v) is 4.62. The van der Waals surface area contributed by atoms with Crippen molar-refractivity contribution < 1.29 is 9.53 Å². The van der Waals surface area contributed by atoms with Crippen LogP contribution in [0.15, 0.2) is 18.2 Å². The molecule has 1 amide bonds. The second-order valence-corrected chi connectivity index (χ2v) is 8.47. The molecule has 4 rings (SSSR count). The quantitative estimate of drug-likeness (QED) is 0.830. The number of carbonyl (C=O) groups excluding carboxylic acids is 1. The van der Waals surface area contributed by atoms with E-state index in [0.29, 0.717) is 12.3 Å². The number of ether oxygens (including phenoxy) is 1. The second-order valence-electron chi connectivity index (χ2n) is 8.03. The molecule has 1 N–H and O–H groups in total. The van der Waals surface area contributed by atoms with E-state index in [0.717, 1.165) is 49.4 Å². The van der Waals surface area contributed by atoms with Gasteiger partial charge in [0.2, 0.25) is 5.91 Å². The Kier molecular flexibility index (Phi) is 4.98. The predicted molar refractivity (Wildman–Crippen MR) is 105 cm³/mol. The first-order chi connectivity index (χ1) is 12.5.